The summed E-state index contributed by atoms with van der Waals surface area (Å²) in [5.41, 5.74) is 10.6. The van der Waals surface area contributed by atoms with Crippen LogP contribution in [0, 0.1) is 22.7 Å². The van der Waals surface area contributed by atoms with Gasteiger partial charge in [-0.25, -0.2) is 0 Å². The predicted molar refractivity (Wildman–Crippen MR) is 220 cm³/mol. The molecule has 1 aliphatic rings. The van der Waals surface area contributed by atoms with Crippen LogP contribution in [0.5, 0.6) is 0 Å². The molecule has 4 nitrogen and oxygen atoms in total. The van der Waals surface area contributed by atoms with Crippen LogP contribution in [-0.2, 0) is 0 Å². The van der Waals surface area contributed by atoms with Crippen LogP contribution in [0.15, 0.2) is 133 Å². The summed E-state index contributed by atoms with van der Waals surface area (Å²) in [5.74, 6) is 0. The monoisotopic (exact) mass is 696 g/mol. The SMILES string of the molecule is C[Si]1(C)c2ccc(-n3c4ccc(C#N)cc4c4cc(C#N)ccc43)cc2-c2cc(-n3c4ccccc4c4ccc5c6ccccc6sc5c43)ccc21. The third-order valence-corrected chi connectivity index (χ3v) is 16.1. The molecule has 0 atom stereocenters. The van der Waals surface area contributed by atoms with Crippen molar-refractivity contribution >= 4 is 93.6 Å². The predicted octanol–water partition coefficient (Wildman–Crippen LogP) is 10.8. The van der Waals surface area contributed by atoms with Crippen LogP contribution in [0.2, 0.25) is 13.1 Å². The van der Waals surface area contributed by atoms with E-state index in [1.807, 2.05) is 47.7 Å². The topological polar surface area (TPSA) is 57.4 Å². The van der Waals surface area contributed by atoms with Crippen LogP contribution in [0.1, 0.15) is 11.1 Å². The Morgan fingerprint density at radius 1 is 0.500 bits per heavy atom. The summed E-state index contributed by atoms with van der Waals surface area (Å²) >= 11 is 1.88. The summed E-state index contributed by atoms with van der Waals surface area (Å²) < 4.78 is 7.40. The molecule has 11 rings (SSSR count). The van der Waals surface area contributed by atoms with Gasteiger partial charge in [0.1, 0.15) is 8.07 Å². The van der Waals surface area contributed by atoms with E-state index in [4.69, 9.17) is 0 Å². The number of fused-ring (bicyclic) bond motifs is 13. The number of aromatic nitrogens is 2. The van der Waals surface area contributed by atoms with Crippen LogP contribution < -0.4 is 10.4 Å². The van der Waals surface area contributed by atoms with E-state index >= 15 is 0 Å². The second-order valence-electron chi connectivity index (χ2n) is 14.4. The third-order valence-electron chi connectivity index (χ3n) is 11.4. The fourth-order valence-electron chi connectivity index (χ4n) is 8.96. The molecule has 1 aliphatic heterocycles. The molecule has 3 aromatic heterocycles. The van der Waals surface area contributed by atoms with Gasteiger partial charge in [0.15, 0.2) is 0 Å². The summed E-state index contributed by atoms with van der Waals surface area (Å²) in [5, 5.41) is 29.5. The zero-order chi connectivity index (χ0) is 34.9. The summed E-state index contributed by atoms with van der Waals surface area (Å²) in [4.78, 5) is 0. The second-order valence-corrected chi connectivity index (χ2v) is 19.8. The first-order valence-corrected chi connectivity index (χ1v) is 21.3. The molecule has 0 amide bonds. The highest BCUT2D eigenvalue weighted by atomic mass is 32.1. The Labute approximate surface area is 304 Å². The lowest BCUT2D eigenvalue weighted by molar-refractivity contribution is 1.18. The molecule has 0 saturated carbocycles. The Hall–Kier alpha value is -6.44. The zero-order valence-corrected chi connectivity index (χ0v) is 30.2. The van der Waals surface area contributed by atoms with Gasteiger partial charge in [0.2, 0.25) is 0 Å². The zero-order valence-electron chi connectivity index (χ0n) is 28.4. The van der Waals surface area contributed by atoms with Gasteiger partial charge >= 0.3 is 0 Å². The molecule has 7 aromatic carbocycles. The first-order chi connectivity index (χ1) is 25.4. The minimum atomic E-state index is -1.99. The molecule has 0 bridgehead atoms. The molecular weight excluding hydrogens is 669 g/mol. The first-order valence-electron chi connectivity index (χ1n) is 17.5. The Balaban J connectivity index is 1.17. The summed E-state index contributed by atoms with van der Waals surface area (Å²) in [6, 6.07) is 52.6. The van der Waals surface area contributed by atoms with E-state index in [1.165, 1.54) is 69.2 Å². The number of hydrogen-bond acceptors (Lipinski definition) is 3. The number of hydrogen-bond donors (Lipinski definition) is 0. The molecule has 0 aliphatic carbocycles. The Morgan fingerprint density at radius 2 is 1.06 bits per heavy atom. The largest absolute Gasteiger partial charge is 0.309 e. The van der Waals surface area contributed by atoms with Crippen LogP contribution in [0.4, 0.5) is 0 Å². The molecule has 0 radical (unpaired) electrons. The Bertz CT molecular complexity index is 3240. The van der Waals surface area contributed by atoms with Gasteiger partial charge in [0.05, 0.1) is 50.0 Å². The first kappa shape index (κ1) is 29.3. The molecule has 0 saturated heterocycles. The number of nitriles is 2. The van der Waals surface area contributed by atoms with Gasteiger partial charge in [-0.2, -0.15) is 10.5 Å². The fourth-order valence-corrected chi connectivity index (χ4v) is 13.3. The van der Waals surface area contributed by atoms with E-state index in [-0.39, 0.29) is 0 Å². The molecule has 52 heavy (non-hydrogen) atoms. The van der Waals surface area contributed by atoms with Crippen LogP contribution >= 0.6 is 11.3 Å². The number of rotatable bonds is 2. The van der Waals surface area contributed by atoms with Crippen molar-refractivity contribution in [1.29, 1.82) is 10.5 Å². The van der Waals surface area contributed by atoms with Crippen LogP contribution in [0.25, 0.3) is 86.3 Å². The number of benzene rings is 7. The smallest absolute Gasteiger partial charge is 0.113 e. The standard InChI is InChI=1S/C46H28N4SSi/c1-52(2)43-19-13-29(49-40-17-11-27(25-47)21-35(40)36-22-28(26-48)12-18-41(36)49)23-37(43)38-24-30(14-20-44(38)52)50-39-9-5-3-7-31(39)33-15-16-34-32-8-4-6-10-42(32)51-46(34)45(33)50/h3-24H,1-2H3. The molecule has 4 heterocycles. The van der Waals surface area contributed by atoms with Crippen molar-refractivity contribution in [2.75, 3.05) is 0 Å². The van der Waals surface area contributed by atoms with Gasteiger partial charge in [-0.3, -0.25) is 0 Å². The van der Waals surface area contributed by atoms with Crippen molar-refractivity contribution in [2.45, 2.75) is 13.1 Å². The van der Waals surface area contributed by atoms with E-state index in [1.54, 1.807) is 0 Å². The maximum Gasteiger partial charge on any atom is 0.113 e. The minimum absolute atomic E-state index is 0.607. The van der Waals surface area contributed by atoms with E-state index in [2.05, 4.69) is 131 Å². The number of para-hydroxylation sites is 1. The van der Waals surface area contributed by atoms with Gasteiger partial charge in [-0.1, -0.05) is 73.8 Å². The average Bonchev–Trinajstić information content (AvgIpc) is 3.89. The maximum absolute atomic E-state index is 9.73. The molecular formula is C46H28N4SSi. The van der Waals surface area contributed by atoms with Gasteiger partial charge in [0, 0.05) is 48.4 Å². The minimum Gasteiger partial charge on any atom is -0.309 e. The summed E-state index contributed by atoms with van der Waals surface area (Å²) in [7, 11) is -1.99. The van der Waals surface area contributed by atoms with Crippen molar-refractivity contribution in [3.63, 3.8) is 0 Å². The third kappa shape index (κ3) is 3.78. The molecule has 242 valence electrons. The molecule has 10 aromatic rings. The quantitative estimate of drug-likeness (QED) is 0.169. The highest BCUT2D eigenvalue weighted by molar-refractivity contribution is 7.26. The molecule has 0 spiro atoms. The van der Waals surface area contributed by atoms with E-state index in [0.717, 1.165) is 27.5 Å². The Morgan fingerprint density at radius 3 is 1.71 bits per heavy atom. The lowest BCUT2D eigenvalue weighted by atomic mass is 10.0. The van der Waals surface area contributed by atoms with Crippen molar-refractivity contribution in [2.24, 2.45) is 0 Å². The van der Waals surface area contributed by atoms with Crippen molar-refractivity contribution < 1.29 is 0 Å². The van der Waals surface area contributed by atoms with Crippen LogP contribution in [0.3, 0.4) is 0 Å². The highest BCUT2D eigenvalue weighted by Crippen LogP contribution is 2.44. The highest BCUT2D eigenvalue weighted by Gasteiger charge is 2.38. The lowest BCUT2D eigenvalue weighted by Crippen LogP contribution is -2.49. The van der Waals surface area contributed by atoms with Gasteiger partial charge in [-0.15, -0.1) is 11.3 Å². The normalized spacial score (nSPS) is 13.3. The average molecular weight is 697 g/mol. The molecule has 0 unspecified atom stereocenters. The van der Waals surface area contributed by atoms with Gasteiger partial charge in [0.25, 0.3) is 0 Å². The summed E-state index contributed by atoms with van der Waals surface area (Å²) in [6.45, 7) is 4.93. The maximum atomic E-state index is 9.73. The Kier molecular flexibility index (Phi) is 5.81. The lowest BCUT2D eigenvalue weighted by Gasteiger charge is -2.19. The van der Waals surface area contributed by atoms with Crippen molar-refractivity contribution in [3.8, 4) is 34.6 Å². The number of thiophene rings is 1. The van der Waals surface area contributed by atoms with Crippen molar-refractivity contribution in [1.82, 2.24) is 9.13 Å². The summed E-state index contributed by atoms with van der Waals surface area (Å²) in [6.07, 6.45) is 0. The molecule has 0 fully saturated rings. The van der Waals surface area contributed by atoms with Crippen LogP contribution in [-0.4, -0.2) is 17.2 Å². The van der Waals surface area contributed by atoms with Gasteiger partial charge in [-0.05, 0) is 94.3 Å². The van der Waals surface area contributed by atoms with Crippen molar-refractivity contribution in [3.05, 3.63) is 145 Å². The number of nitrogens with zero attached hydrogens (tertiary/aromatic N) is 4. The molecule has 0 N–H and O–H groups in total. The van der Waals surface area contributed by atoms with Gasteiger partial charge < -0.3 is 9.13 Å². The molecule has 6 heteroatoms. The second kappa shape index (κ2) is 10.3. The van der Waals surface area contributed by atoms with E-state index in [0.29, 0.717) is 11.1 Å². The fraction of sp³-hybridized carbons (Fsp3) is 0.0435. The van der Waals surface area contributed by atoms with E-state index < -0.39 is 8.07 Å². The van der Waals surface area contributed by atoms with E-state index in [9.17, 15) is 10.5 Å².